The minimum atomic E-state index is -3.31. The standard InChI is InChI=1S/C17H22N2O5S/c1-12-15(17(21)22)7-3-8-18(12)16(20)13-5-2-6-14(11-13)19-9-4-10-25(19,23)24/h2,5-6,11-12,15H,3-4,7-10H2,1H3,(H,21,22)/t12-,15-/m1/s1. The molecule has 0 saturated carbocycles. The van der Waals surface area contributed by atoms with Gasteiger partial charge in [0, 0.05) is 24.7 Å². The van der Waals surface area contributed by atoms with Crippen molar-refractivity contribution >= 4 is 27.6 Å². The highest BCUT2D eigenvalue weighted by molar-refractivity contribution is 7.93. The van der Waals surface area contributed by atoms with Crippen LogP contribution in [0.3, 0.4) is 0 Å². The van der Waals surface area contributed by atoms with E-state index in [1.54, 1.807) is 36.1 Å². The third kappa shape index (κ3) is 3.35. The van der Waals surface area contributed by atoms with Gasteiger partial charge in [-0.2, -0.15) is 0 Å². The molecule has 7 nitrogen and oxygen atoms in total. The van der Waals surface area contributed by atoms with Crippen LogP contribution >= 0.6 is 0 Å². The van der Waals surface area contributed by atoms with Crippen LogP contribution in [0.15, 0.2) is 24.3 Å². The van der Waals surface area contributed by atoms with Crippen LogP contribution in [0.2, 0.25) is 0 Å². The highest BCUT2D eigenvalue weighted by Gasteiger charge is 2.36. The molecule has 0 unspecified atom stereocenters. The average Bonchev–Trinajstić information content (AvgIpc) is 2.93. The fourth-order valence-electron chi connectivity index (χ4n) is 3.65. The zero-order valence-corrected chi connectivity index (χ0v) is 14.9. The SMILES string of the molecule is C[C@@H]1[C@H](C(=O)O)CCCN1C(=O)c1cccc(N2CCCS2(=O)=O)c1. The van der Waals surface area contributed by atoms with E-state index in [1.807, 2.05) is 0 Å². The maximum Gasteiger partial charge on any atom is 0.308 e. The van der Waals surface area contributed by atoms with Gasteiger partial charge in [0.25, 0.3) is 5.91 Å². The molecule has 1 aromatic carbocycles. The molecule has 25 heavy (non-hydrogen) atoms. The number of sulfonamides is 1. The quantitative estimate of drug-likeness (QED) is 0.876. The van der Waals surface area contributed by atoms with E-state index in [9.17, 15) is 23.1 Å². The second kappa shape index (κ2) is 6.67. The number of rotatable bonds is 3. The number of carbonyl (C=O) groups is 2. The van der Waals surface area contributed by atoms with E-state index in [4.69, 9.17) is 0 Å². The topological polar surface area (TPSA) is 95.0 Å². The molecular formula is C17H22N2O5S. The molecule has 3 rings (SSSR count). The van der Waals surface area contributed by atoms with Gasteiger partial charge in [-0.05, 0) is 44.4 Å². The van der Waals surface area contributed by atoms with E-state index >= 15 is 0 Å². The highest BCUT2D eigenvalue weighted by Crippen LogP contribution is 2.28. The molecule has 2 heterocycles. The van der Waals surface area contributed by atoms with Crippen LogP contribution in [0.1, 0.15) is 36.5 Å². The first kappa shape index (κ1) is 17.7. The van der Waals surface area contributed by atoms with E-state index in [-0.39, 0.29) is 11.7 Å². The maximum absolute atomic E-state index is 12.9. The van der Waals surface area contributed by atoms with Crippen LogP contribution in [0.5, 0.6) is 0 Å². The van der Waals surface area contributed by atoms with Gasteiger partial charge in [0.15, 0.2) is 0 Å². The number of benzene rings is 1. The Bertz CT molecular complexity index is 792. The van der Waals surface area contributed by atoms with Gasteiger partial charge in [-0.15, -0.1) is 0 Å². The van der Waals surface area contributed by atoms with Gasteiger partial charge in [-0.1, -0.05) is 6.07 Å². The molecule has 0 radical (unpaired) electrons. The summed E-state index contributed by atoms with van der Waals surface area (Å²) in [4.78, 5) is 25.8. The summed E-state index contributed by atoms with van der Waals surface area (Å²) in [6.07, 6.45) is 1.78. The van der Waals surface area contributed by atoms with Crippen LogP contribution in [-0.2, 0) is 14.8 Å². The number of carboxylic acid groups (broad SMARTS) is 1. The average molecular weight is 366 g/mol. The van der Waals surface area contributed by atoms with Gasteiger partial charge in [0.1, 0.15) is 0 Å². The molecule has 0 spiro atoms. The first-order valence-corrected chi connectivity index (χ1v) is 10.1. The molecule has 8 heteroatoms. The summed E-state index contributed by atoms with van der Waals surface area (Å²) in [5.41, 5.74) is 0.875. The van der Waals surface area contributed by atoms with E-state index in [0.717, 1.165) is 0 Å². The van der Waals surface area contributed by atoms with Crippen molar-refractivity contribution in [2.45, 2.75) is 32.2 Å². The largest absolute Gasteiger partial charge is 0.481 e. The molecule has 1 amide bonds. The minimum absolute atomic E-state index is 0.120. The van der Waals surface area contributed by atoms with E-state index in [1.165, 1.54) is 4.31 Å². The number of hydrogen-bond donors (Lipinski definition) is 1. The number of hydrogen-bond acceptors (Lipinski definition) is 4. The molecule has 2 aliphatic heterocycles. The number of carbonyl (C=O) groups excluding carboxylic acids is 1. The summed E-state index contributed by atoms with van der Waals surface area (Å²) in [7, 11) is -3.31. The van der Waals surface area contributed by atoms with Crippen molar-refractivity contribution in [1.82, 2.24) is 4.90 Å². The van der Waals surface area contributed by atoms with Crippen LogP contribution < -0.4 is 4.31 Å². The fraction of sp³-hybridized carbons (Fsp3) is 0.529. The van der Waals surface area contributed by atoms with Crippen molar-refractivity contribution in [3.8, 4) is 0 Å². The molecule has 0 aromatic heterocycles. The highest BCUT2D eigenvalue weighted by atomic mass is 32.2. The van der Waals surface area contributed by atoms with Crippen molar-refractivity contribution in [3.05, 3.63) is 29.8 Å². The van der Waals surface area contributed by atoms with E-state index in [2.05, 4.69) is 0 Å². The molecule has 2 fully saturated rings. The third-order valence-corrected chi connectivity index (χ3v) is 6.92. The Morgan fingerprint density at radius 2 is 1.96 bits per heavy atom. The number of anilines is 1. The molecule has 2 atom stereocenters. The Morgan fingerprint density at radius 1 is 1.20 bits per heavy atom. The van der Waals surface area contributed by atoms with Crippen molar-refractivity contribution in [2.75, 3.05) is 23.1 Å². The number of aliphatic carboxylic acids is 1. The Morgan fingerprint density at radius 3 is 2.60 bits per heavy atom. The normalized spacial score (nSPS) is 25.8. The predicted octanol–water partition coefficient (Wildman–Crippen LogP) is 1.55. The Hall–Kier alpha value is -2.09. The predicted molar refractivity (Wildman–Crippen MR) is 93.1 cm³/mol. The summed E-state index contributed by atoms with van der Waals surface area (Å²) < 4.78 is 25.5. The second-order valence-electron chi connectivity index (χ2n) is 6.62. The molecule has 0 aliphatic carbocycles. The summed E-state index contributed by atoms with van der Waals surface area (Å²) in [6, 6.07) is 6.19. The van der Waals surface area contributed by atoms with Gasteiger partial charge in [0.05, 0.1) is 17.4 Å². The first-order valence-electron chi connectivity index (χ1n) is 8.45. The fourth-order valence-corrected chi connectivity index (χ4v) is 5.21. The molecule has 0 bridgehead atoms. The van der Waals surface area contributed by atoms with Crippen molar-refractivity contribution in [1.29, 1.82) is 0 Å². The number of nitrogens with zero attached hydrogens (tertiary/aromatic N) is 2. The lowest BCUT2D eigenvalue weighted by molar-refractivity contribution is -0.144. The van der Waals surface area contributed by atoms with Crippen molar-refractivity contribution in [3.63, 3.8) is 0 Å². The molecule has 1 N–H and O–H groups in total. The minimum Gasteiger partial charge on any atom is -0.481 e. The molecular weight excluding hydrogens is 344 g/mol. The van der Waals surface area contributed by atoms with Crippen molar-refractivity contribution < 1.29 is 23.1 Å². The number of amides is 1. The van der Waals surface area contributed by atoms with Gasteiger partial charge in [-0.25, -0.2) is 8.42 Å². The van der Waals surface area contributed by atoms with Crippen LogP contribution in [0, 0.1) is 5.92 Å². The van der Waals surface area contributed by atoms with Crippen molar-refractivity contribution in [2.24, 2.45) is 5.92 Å². The Balaban J connectivity index is 1.85. The summed E-state index contributed by atoms with van der Waals surface area (Å²) in [6.45, 7) is 2.68. The second-order valence-corrected chi connectivity index (χ2v) is 8.63. The number of carboxylic acids is 1. The maximum atomic E-state index is 12.9. The molecule has 1 aromatic rings. The summed E-state index contributed by atoms with van der Waals surface area (Å²) in [5, 5.41) is 9.31. The Kier molecular flexibility index (Phi) is 4.73. The molecule has 136 valence electrons. The van der Waals surface area contributed by atoms with E-state index in [0.29, 0.717) is 43.6 Å². The third-order valence-electron chi connectivity index (χ3n) is 5.05. The number of piperidine rings is 1. The van der Waals surface area contributed by atoms with Gasteiger partial charge >= 0.3 is 5.97 Å². The molecule has 2 aliphatic rings. The smallest absolute Gasteiger partial charge is 0.308 e. The Labute approximate surface area is 147 Å². The lowest BCUT2D eigenvalue weighted by Gasteiger charge is -2.37. The zero-order chi connectivity index (χ0) is 18.2. The van der Waals surface area contributed by atoms with Crippen LogP contribution in [0.4, 0.5) is 5.69 Å². The monoisotopic (exact) mass is 366 g/mol. The van der Waals surface area contributed by atoms with Gasteiger partial charge in [0.2, 0.25) is 10.0 Å². The summed E-state index contributed by atoms with van der Waals surface area (Å²) >= 11 is 0. The number of likely N-dealkylation sites (tertiary alicyclic amines) is 1. The van der Waals surface area contributed by atoms with E-state index < -0.39 is 28.0 Å². The lowest BCUT2D eigenvalue weighted by atomic mass is 9.90. The van der Waals surface area contributed by atoms with Crippen LogP contribution in [-0.4, -0.2) is 55.2 Å². The van der Waals surface area contributed by atoms with Gasteiger partial charge in [-0.3, -0.25) is 13.9 Å². The van der Waals surface area contributed by atoms with Crippen LogP contribution in [0.25, 0.3) is 0 Å². The van der Waals surface area contributed by atoms with Gasteiger partial charge < -0.3 is 10.0 Å². The lowest BCUT2D eigenvalue weighted by Crippen LogP contribution is -2.49. The molecule has 2 saturated heterocycles. The first-order chi connectivity index (χ1) is 11.8. The zero-order valence-electron chi connectivity index (χ0n) is 14.1. The summed E-state index contributed by atoms with van der Waals surface area (Å²) in [5.74, 6) is -1.59.